The van der Waals surface area contributed by atoms with Gasteiger partial charge in [0.1, 0.15) is 5.75 Å². The molecule has 0 N–H and O–H groups in total. The normalized spacial score (nSPS) is 12.7. The van der Waals surface area contributed by atoms with E-state index in [0.29, 0.717) is 0 Å². The Balaban J connectivity index is 3.34. The lowest BCUT2D eigenvalue weighted by Crippen LogP contribution is -2.16. The maximum absolute atomic E-state index is 5.36. The molecule has 2 heteroatoms. The molecule has 0 fully saturated rings. The van der Waals surface area contributed by atoms with Crippen molar-refractivity contribution in [1.29, 1.82) is 0 Å². The highest BCUT2D eigenvalue weighted by Crippen LogP contribution is 2.35. The highest BCUT2D eigenvalue weighted by atomic mass is 31.0. The molecule has 0 heterocycles. The Morgan fingerprint density at radius 2 is 1.50 bits per heavy atom. The van der Waals surface area contributed by atoms with Crippen LogP contribution in [0.4, 0.5) is 0 Å². The summed E-state index contributed by atoms with van der Waals surface area (Å²) in [4.78, 5) is 0. The fourth-order valence-corrected chi connectivity index (χ4v) is 1.89. The van der Waals surface area contributed by atoms with E-state index in [2.05, 4.69) is 69.2 Å². The van der Waals surface area contributed by atoms with E-state index < -0.39 is 0 Å². The second kappa shape index (κ2) is 4.37. The largest absolute Gasteiger partial charge is 0.480 e. The smallest absolute Gasteiger partial charge is 0.126 e. The Hall–Kier alpha value is -0.550. The maximum Gasteiger partial charge on any atom is 0.126 e. The molecular formula is C14H23OP. The zero-order valence-corrected chi connectivity index (χ0v) is 12.4. The van der Waals surface area contributed by atoms with Crippen LogP contribution in [-0.2, 0) is 10.8 Å². The molecule has 1 rings (SSSR count). The quantitative estimate of drug-likeness (QED) is 0.657. The first kappa shape index (κ1) is 13.5. The summed E-state index contributed by atoms with van der Waals surface area (Å²) < 4.78 is 5.36. The first-order valence-electron chi connectivity index (χ1n) is 5.68. The molecule has 1 atom stereocenters. The van der Waals surface area contributed by atoms with Crippen molar-refractivity contribution in [2.24, 2.45) is 0 Å². The lowest BCUT2D eigenvalue weighted by atomic mass is 9.80. The first-order chi connectivity index (χ1) is 7.16. The number of rotatable bonds is 1. The van der Waals surface area contributed by atoms with Gasteiger partial charge in [0.15, 0.2) is 0 Å². The lowest BCUT2D eigenvalue weighted by molar-refractivity contribution is 0.536. The van der Waals surface area contributed by atoms with Gasteiger partial charge in [-0.2, -0.15) is 0 Å². The van der Waals surface area contributed by atoms with Crippen molar-refractivity contribution in [3.8, 4) is 5.75 Å². The predicted octanol–water partition coefficient (Wildman–Crippen LogP) is 4.45. The molecule has 0 saturated carbocycles. The molecule has 0 amide bonds. The minimum atomic E-state index is 0.104. The molecule has 90 valence electrons. The molecular weight excluding hydrogens is 215 g/mol. The van der Waals surface area contributed by atoms with Crippen LogP contribution in [0.2, 0.25) is 0 Å². The topological polar surface area (TPSA) is 9.23 Å². The molecule has 1 aromatic carbocycles. The fourth-order valence-electron chi connectivity index (χ4n) is 1.69. The van der Waals surface area contributed by atoms with Crippen LogP contribution in [0, 0.1) is 0 Å². The van der Waals surface area contributed by atoms with Crippen molar-refractivity contribution < 1.29 is 4.52 Å². The van der Waals surface area contributed by atoms with Gasteiger partial charge in [-0.15, -0.1) is 0 Å². The maximum atomic E-state index is 5.36. The standard InChI is InChI=1S/C14H23OP/c1-13(2,3)10-7-8-12(15-16)11(9-10)14(4,5)6/h7-9H,16H2,1-6H3. The molecule has 1 nitrogen and oxygen atoms in total. The number of hydrogen-bond acceptors (Lipinski definition) is 1. The summed E-state index contributed by atoms with van der Waals surface area (Å²) in [6.07, 6.45) is 0. The number of hydrogen-bond donors (Lipinski definition) is 0. The second-order valence-electron chi connectivity index (χ2n) is 6.33. The summed E-state index contributed by atoms with van der Waals surface area (Å²) >= 11 is 0. The van der Waals surface area contributed by atoms with Gasteiger partial charge in [-0.25, -0.2) is 0 Å². The van der Waals surface area contributed by atoms with Gasteiger partial charge in [0.2, 0.25) is 0 Å². The van der Waals surface area contributed by atoms with Gasteiger partial charge in [-0.05, 0) is 22.5 Å². The third kappa shape index (κ3) is 2.98. The molecule has 0 bridgehead atoms. The van der Waals surface area contributed by atoms with Crippen LogP contribution in [0.3, 0.4) is 0 Å². The van der Waals surface area contributed by atoms with Crippen LogP contribution < -0.4 is 4.52 Å². The Morgan fingerprint density at radius 1 is 0.938 bits per heavy atom. The molecule has 0 radical (unpaired) electrons. The summed E-state index contributed by atoms with van der Waals surface area (Å²) in [5.74, 6) is 0.950. The molecule has 0 spiro atoms. The zero-order valence-electron chi connectivity index (χ0n) is 11.2. The van der Waals surface area contributed by atoms with Crippen LogP contribution >= 0.6 is 9.47 Å². The SMILES string of the molecule is CC(C)(C)c1ccc(OP)c(C(C)(C)C)c1. The highest BCUT2D eigenvalue weighted by Gasteiger charge is 2.22. The van der Waals surface area contributed by atoms with Crippen LogP contribution in [0.1, 0.15) is 52.7 Å². The van der Waals surface area contributed by atoms with E-state index in [4.69, 9.17) is 4.52 Å². The van der Waals surface area contributed by atoms with Crippen molar-refractivity contribution in [2.45, 2.75) is 52.4 Å². The lowest BCUT2D eigenvalue weighted by Gasteiger charge is -2.26. The first-order valence-corrected chi connectivity index (χ1v) is 6.15. The molecule has 1 aromatic rings. The number of benzene rings is 1. The Kier molecular flexibility index (Phi) is 3.69. The monoisotopic (exact) mass is 238 g/mol. The van der Waals surface area contributed by atoms with Gasteiger partial charge in [-0.1, -0.05) is 53.7 Å². The Labute approximate surface area is 102 Å². The van der Waals surface area contributed by atoms with E-state index in [1.165, 1.54) is 11.1 Å². The van der Waals surface area contributed by atoms with Gasteiger partial charge in [0.05, 0.1) is 9.47 Å². The van der Waals surface area contributed by atoms with Gasteiger partial charge < -0.3 is 4.52 Å². The second-order valence-corrected chi connectivity index (χ2v) is 6.56. The van der Waals surface area contributed by atoms with Crippen LogP contribution in [0.5, 0.6) is 5.75 Å². The van der Waals surface area contributed by atoms with E-state index in [-0.39, 0.29) is 10.8 Å². The van der Waals surface area contributed by atoms with Gasteiger partial charge in [-0.3, -0.25) is 0 Å². The van der Waals surface area contributed by atoms with E-state index in [1.54, 1.807) is 0 Å². The van der Waals surface area contributed by atoms with Crippen LogP contribution in [0.25, 0.3) is 0 Å². The minimum absolute atomic E-state index is 0.104. The van der Waals surface area contributed by atoms with E-state index in [9.17, 15) is 0 Å². The van der Waals surface area contributed by atoms with E-state index in [0.717, 1.165) is 5.75 Å². The highest BCUT2D eigenvalue weighted by molar-refractivity contribution is 7.10. The van der Waals surface area contributed by atoms with Crippen molar-refractivity contribution in [2.75, 3.05) is 0 Å². The summed E-state index contributed by atoms with van der Waals surface area (Å²) in [7, 11) is 2.33. The zero-order chi connectivity index (χ0) is 12.6. The molecule has 0 aliphatic rings. The van der Waals surface area contributed by atoms with Crippen LogP contribution in [0.15, 0.2) is 18.2 Å². The predicted molar refractivity (Wildman–Crippen MR) is 74.2 cm³/mol. The van der Waals surface area contributed by atoms with Gasteiger partial charge in [0.25, 0.3) is 0 Å². The van der Waals surface area contributed by atoms with Crippen LogP contribution in [-0.4, -0.2) is 0 Å². The molecule has 0 aliphatic heterocycles. The molecule has 1 unspecified atom stereocenters. The van der Waals surface area contributed by atoms with Gasteiger partial charge >= 0.3 is 0 Å². The Morgan fingerprint density at radius 3 is 1.88 bits per heavy atom. The third-order valence-corrected chi connectivity index (χ3v) is 3.03. The molecule has 0 aromatic heterocycles. The van der Waals surface area contributed by atoms with E-state index in [1.807, 2.05) is 0 Å². The Bertz CT molecular complexity index is 369. The average Bonchev–Trinajstić information content (AvgIpc) is 2.14. The molecule has 16 heavy (non-hydrogen) atoms. The fraction of sp³-hybridized carbons (Fsp3) is 0.571. The third-order valence-electron chi connectivity index (χ3n) is 2.78. The summed E-state index contributed by atoms with van der Waals surface area (Å²) in [6.45, 7) is 13.3. The van der Waals surface area contributed by atoms with Crippen molar-refractivity contribution >= 4 is 9.47 Å². The van der Waals surface area contributed by atoms with E-state index >= 15 is 0 Å². The van der Waals surface area contributed by atoms with Gasteiger partial charge in [0, 0.05) is 5.56 Å². The summed E-state index contributed by atoms with van der Waals surface area (Å²) in [6, 6.07) is 6.47. The summed E-state index contributed by atoms with van der Waals surface area (Å²) in [5, 5.41) is 0. The summed E-state index contributed by atoms with van der Waals surface area (Å²) in [5.41, 5.74) is 2.89. The van der Waals surface area contributed by atoms with Crippen molar-refractivity contribution in [1.82, 2.24) is 0 Å². The molecule has 0 saturated heterocycles. The minimum Gasteiger partial charge on any atom is -0.480 e. The van der Waals surface area contributed by atoms with Crippen molar-refractivity contribution in [3.63, 3.8) is 0 Å². The van der Waals surface area contributed by atoms with Crippen molar-refractivity contribution in [3.05, 3.63) is 29.3 Å². The molecule has 0 aliphatic carbocycles. The average molecular weight is 238 g/mol.